The summed E-state index contributed by atoms with van der Waals surface area (Å²) in [5.41, 5.74) is 0. The summed E-state index contributed by atoms with van der Waals surface area (Å²) in [5.74, 6) is 0.152. The van der Waals surface area contributed by atoms with Crippen LogP contribution in [0, 0.1) is 5.92 Å². The highest BCUT2D eigenvalue weighted by Gasteiger charge is 2.34. The molecule has 0 aromatic carbocycles. The van der Waals surface area contributed by atoms with E-state index in [1.807, 2.05) is 4.90 Å². The van der Waals surface area contributed by atoms with Gasteiger partial charge in [-0.3, -0.25) is 4.79 Å². The van der Waals surface area contributed by atoms with Gasteiger partial charge in [-0.15, -0.1) is 0 Å². The lowest BCUT2D eigenvalue weighted by Gasteiger charge is -2.32. The van der Waals surface area contributed by atoms with Gasteiger partial charge in [-0.2, -0.15) is 0 Å². The van der Waals surface area contributed by atoms with Gasteiger partial charge in [0.05, 0.1) is 11.7 Å². The highest BCUT2D eigenvalue weighted by Crippen LogP contribution is 2.23. The second-order valence-corrected chi connectivity index (χ2v) is 7.39. The Kier molecular flexibility index (Phi) is 4.27. The number of nitrogens with zero attached hydrogens (tertiary/aromatic N) is 2. The Balaban J connectivity index is 2.00. The molecule has 1 atom stereocenters. The van der Waals surface area contributed by atoms with Crippen LogP contribution in [0.4, 0.5) is 0 Å². The second kappa shape index (κ2) is 5.57. The minimum atomic E-state index is -3.15. The SMILES string of the molecule is CCS(=O)(=O)N1CCCC(C(=O)N2CCCC2)C1. The summed E-state index contributed by atoms with van der Waals surface area (Å²) < 4.78 is 25.2. The number of likely N-dealkylation sites (tertiary alicyclic amines) is 1. The fourth-order valence-electron chi connectivity index (χ4n) is 2.77. The summed E-state index contributed by atoms with van der Waals surface area (Å²) in [4.78, 5) is 14.2. The minimum absolute atomic E-state index is 0.123. The van der Waals surface area contributed by atoms with Gasteiger partial charge >= 0.3 is 0 Å². The first-order valence-corrected chi connectivity index (χ1v) is 8.42. The zero-order valence-electron chi connectivity index (χ0n) is 11.0. The molecule has 0 saturated carbocycles. The molecule has 5 nitrogen and oxygen atoms in total. The lowest BCUT2D eigenvalue weighted by Crippen LogP contribution is -2.46. The summed E-state index contributed by atoms with van der Waals surface area (Å²) in [6.45, 7) is 4.29. The molecule has 2 fully saturated rings. The standard InChI is InChI=1S/C12H22N2O3S/c1-2-18(16,17)14-9-5-6-11(10-14)12(15)13-7-3-4-8-13/h11H,2-10H2,1H3. The number of hydrogen-bond acceptors (Lipinski definition) is 3. The van der Waals surface area contributed by atoms with Crippen LogP contribution in [0.1, 0.15) is 32.6 Å². The van der Waals surface area contributed by atoms with Gasteiger partial charge < -0.3 is 4.90 Å². The van der Waals surface area contributed by atoms with Crippen molar-refractivity contribution in [1.29, 1.82) is 0 Å². The fourth-order valence-corrected chi connectivity index (χ4v) is 3.95. The van der Waals surface area contributed by atoms with E-state index >= 15 is 0 Å². The third-order valence-corrected chi connectivity index (χ3v) is 5.76. The van der Waals surface area contributed by atoms with Crippen molar-refractivity contribution in [1.82, 2.24) is 9.21 Å². The monoisotopic (exact) mass is 274 g/mol. The summed E-state index contributed by atoms with van der Waals surface area (Å²) in [5, 5.41) is 0. The number of amides is 1. The molecule has 2 rings (SSSR count). The smallest absolute Gasteiger partial charge is 0.227 e. The van der Waals surface area contributed by atoms with Crippen molar-refractivity contribution in [3.05, 3.63) is 0 Å². The molecular formula is C12H22N2O3S. The highest BCUT2D eigenvalue weighted by atomic mass is 32.2. The molecule has 0 radical (unpaired) electrons. The van der Waals surface area contributed by atoms with Crippen LogP contribution in [0.15, 0.2) is 0 Å². The number of carbonyl (C=O) groups is 1. The summed E-state index contributed by atoms with van der Waals surface area (Å²) in [6.07, 6.45) is 3.78. The molecule has 0 bridgehead atoms. The van der Waals surface area contributed by atoms with E-state index in [0.717, 1.165) is 38.8 Å². The average molecular weight is 274 g/mol. The summed E-state index contributed by atoms with van der Waals surface area (Å²) in [6, 6.07) is 0. The predicted octanol–water partition coefficient (Wildman–Crippen LogP) is 0.671. The number of hydrogen-bond donors (Lipinski definition) is 0. The molecule has 2 saturated heterocycles. The van der Waals surface area contributed by atoms with Crippen molar-refractivity contribution in [3.8, 4) is 0 Å². The van der Waals surface area contributed by atoms with Crippen LogP contribution in [0.2, 0.25) is 0 Å². The molecule has 2 aliphatic heterocycles. The quantitative estimate of drug-likeness (QED) is 0.760. The second-order valence-electron chi connectivity index (χ2n) is 5.13. The Hall–Kier alpha value is -0.620. The molecule has 2 aliphatic rings. The summed E-state index contributed by atoms with van der Waals surface area (Å²) in [7, 11) is -3.15. The highest BCUT2D eigenvalue weighted by molar-refractivity contribution is 7.89. The molecule has 0 aromatic rings. The first kappa shape index (κ1) is 13.8. The maximum atomic E-state index is 12.3. The van der Waals surface area contributed by atoms with Gasteiger partial charge in [0.2, 0.25) is 15.9 Å². The van der Waals surface area contributed by atoms with Gasteiger partial charge in [0.15, 0.2) is 0 Å². The van der Waals surface area contributed by atoms with E-state index in [0.29, 0.717) is 13.1 Å². The van der Waals surface area contributed by atoms with Gasteiger partial charge in [0, 0.05) is 26.2 Å². The number of carbonyl (C=O) groups excluding carboxylic acids is 1. The zero-order valence-corrected chi connectivity index (χ0v) is 11.8. The Morgan fingerprint density at radius 3 is 2.44 bits per heavy atom. The van der Waals surface area contributed by atoms with Crippen molar-refractivity contribution in [3.63, 3.8) is 0 Å². The van der Waals surface area contributed by atoms with Crippen LogP contribution in [0.3, 0.4) is 0 Å². The summed E-state index contributed by atoms with van der Waals surface area (Å²) >= 11 is 0. The predicted molar refractivity (Wildman–Crippen MR) is 69.6 cm³/mol. The third-order valence-electron chi connectivity index (χ3n) is 3.91. The van der Waals surface area contributed by atoms with Crippen LogP contribution >= 0.6 is 0 Å². The molecule has 0 N–H and O–H groups in total. The Morgan fingerprint density at radius 1 is 1.17 bits per heavy atom. The van der Waals surface area contributed by atoms with Crippen LogP contribution in [0.5, 0.6) is 0 Å². The topological polar surface area (TPSA) is 57.7 Å². The maximum absolute atomic E-state index is 12.3. The molecule has 6 heteroatoms. The normalized spacial score (nSPS) is 26.5. The lowest BCUT2D eigenvalue weighted by molar-refractivity contribution is -0.135. The van der Waals surface area contributed by atoms with Crippen molar-refractivity contribution >= 4 is 15.9 Å². The first-order chi connectivity index (χ1) is 8.54. The van der Waals surface area contributed by atoms with Gasteiger partial charge in [-0.25, -0.2) is 12.7 Å². The van der Waals surface area contributed by atoms with Gasteiger partial charge in [0.1, 0.15) is 0 Å². The van der Waals surface area contributed by atoms with Crippen molar-refractivity contribution < 1.29 is 13.2 Å². The van der Waals surface area contributed by atoms with E-state index in [2.05, 4.69) is 0 Å². The van der Waals surface area contributed by atoms with Crippen molar-refractivity contribution in [2.45, 2.75) is 32.6 Å². The molecule has 1 amide bonds. The lowest BCUT2D eigenvalue weighted by atomic mass is 9.98. The third kappa shape index (κ3) is 2.85. The van der Waals surface area contributed by atoms with E-state index in [-0.39, 0.29) is 17.6 Å². The maximum Gasteiger partial charge on any atom is 0.227 e. The van der Waals surface area contributed by atoms with Gasteiger partial charge in [-0.1, -0.05) is 0 Å². The van der Waals surface area contributed by atoms with E-state index in [9.17, 15) is 13.2 Å². The Labute approximate surface area is 109 Å². The Morgan fingerprint density at radius 2 is 1.83 bits per heavy atom. The molecule has 0 aromatic heterocycles. The van der Waals surface area contributed by atoms with Crippen LogP contribution in [-0.2, 0) is 14.8 Å². The largest absolute Gasteiger partial charge is 0.342 e. The van der Waals surface area contributed by atoms with E-state index in [1.165, 1.54) is 4.31 Å². The molecule has 1 unspecified atom stereocenters. The van der Waals surface area contributed by atoms with Crippen molar-refractivity contribution in [2.75, 3.05) is 31.9 Å². The molecule has 2 heterocycles. The first-order valence-electron chi connectivity index (χ1n) is 6.81. The molecule has 0 aliphatic carbocycles. The number of rotatable bonds is 3. The fraction of sp³-hybridized carbons (Fsp3) is 0.917. The van der Waals surface area contributed by atoms with E-state index < -0.39 is 10.0 Å². The molecule has 0 spiro atoms. The number of piperidine rings is 1. The van der Waals surface area contributed by atoms with Gasteiger partial charge in [0.25, 0.3) is 0 Å². The van der Waals surface area contributed by atoms with E-state index in [1.54, 1.807) is 6.92 Å². The zero-order chi connectivity index (χ0) is 13.2. The van der Waals surface area contributed by atoms with Crippen LogP contribution in [-0.4, -0.2) is 55.5 Å². The minimum Gasteiger partial charge on any atom is -0.342 e. The molecule has 104 valence electrons. The molecular weight excluding hydrogens is 252 g/mol. The van der Waals surface area contributed by atoms with E-state index in [4.69, 9.17) is 0 Å². The number of sulfonamides is 1. The molecule has 18 heavy (non-hydrogen) atoms. The Bertz CT molecular complexity index is 402. The van der Waals surface area contributed by atoms with Crippen molar-refractivity contribution in [2.24, 2.45) is 5.92 Å². The average Bonchev–Trinajstić information content (AvgIpc) is 2.92. The van der Waals surface area contributed by atoms with Crippen LogP contribution < -0.4 is 0 Å². The van der Waals surface area contributed by atoms with Gasteiger partial charge in [-0.05, 0) is 32.6 Å². The van der Waals surface area contributed by atoms with Crippen LogP contribution in [0.25, 0.3) is 0 Å².